The fourth-order valence-corrected chi connectivity index (χ4v) is 3.07. The summed E-state index contributed by atoms with van der Waals surface area (Å²) in [4.78, 5) is 7.80. The summed E-state index contributed by atoms with van der Waals surface area (Å²) in [6.45, 7) is 5.59. The molecule has 1 unspecified atom stereocenters. The van der Waals surface area contributed by atoms with E-state index in [-0.39, 0.29) is 4.90 Å². The Morgan fingerprint density at radius 2 is 1.78 bits per heavy atom. The number of hydrogen-bond donors (Lipinski definition) is 1. The van der Waals surface area contributed by atoms with Gasteiger partial charge in [-0.15, -0.1) is 6.58 Å². The summed E-state index contributed by atoms with van der Waals surface area (Å²) in [7, 11) is -3.72. The molecular formula is C17H18BrNO3S. The minimum atomic E-state index is -3.72. The van der Waals surface area contributed by atoms with Crippen LogP contribution in [0.2, 0.25) is 0 Å². The normalized spacial score (nSPS) is 12.8. The maximum absolute atomic E-state index is 12.3. The number of halogens is 1. The summed E-state index contributed by atoms with van der Waals surface area (Å²) in [6, 6.07) is 14.1. The average Bonchev–Trinajstić information content (AvgIpc) is 2.53. The van der Waals surface area contributed by atoms with Crippen LogP contribution in [-0.4, -0.2) is 8.42 Å². The quantitative estimate of drug-likeness (QED) is 0.561. The van der Waals surface area contributed by atoms with E-state index in [4.69, 9.17) is 4.84 Å². The average molecular weight is 396 g/mol. The number of nitrogens with one attached hydrogen (secondary N) is 1. The van der Waals surface area contributed by atoms with Crippen LogP contribution in [0.15, 0.2) is 70.6 Å². The van der Waals surface area contributed by atoms with Crippen LogP contribution in [0.4, 0.5) is 0 Å². The molecule has 0 heterocycles. The fourth-order valence-electron chi connectivity index (χ4n) is 1.97. The third-order valence-corrected chi connectivity index (χ3v) is 4.99. The van der Waals surface area contributed by atoms with E-state index in [0.29, 0.717) is 6.42 Å². The second-order valence-electron chi connectivity index (χ2n) is 5.08. The van der Waals surface area contributed by atoms with Crippen LogP contribution in [0, 0.1) is 6.92 Å². The van der Waals surface area contributed by atoms with E-state index in [1.54, 1.807) is 30.3 Å². The summed E-state index contributed by atoms with van der Waals surface area (Å²) in [5, 5.41) is 0. The minimum absolute atomic E-state index is 0.163. The van der Waals surface area contributed by atoms with Gasteiger partial charge in [0, 0.05) is 4.47 Å². The maximum Gasteiger partial charge on any atom is 0.262 e. The largest absolute Gasteiger partial charge is 0.278 e. The van der Waals surface area contributed by atoms with Crippen LogP contribution in [0.25, 0.3) is 0 Å². The van der Waals surface area contributed by atoms with E-state index in [9.17, 15) is 8.42 Å². The number of rotatable bonds is 7. The second-order valence-corrected chi connectivity index (χ2v) is 7.64. The van der Waals surface area contributed by atoms with Crippen LogP contribution in [-0.2, 0) is 14.9 Å². The van der Waals surface area contributed by atoms with Gasteiger partial charge in [0.1, 0.15) is 6.10 Å². The maximum atomic E-state index is 12.3. The monoisotopic (exact) mass is 395 g/mol. The molecule has 4 nitrogen and oxygen atoms in total. The number of aryl methyl sites for hydroxylation is 1. The molecule has 0 aliphatic heterocycles. The topological polar surface area (TPSA) is 55.4 Å². The Bertz CT molecular complexity index is 755. The van der Waals surface area contributed by atoms with Crippen molar-refractivity contribution in [3.8, 4) is 0 Å². The first-order valence-corrected chi connectivity index (χ1v) is 9.30. The molecule has 23 heavy (non-hydrogen) atoms. The van der Waals surface area contributed by atoms with Gasteiger partial charge in [-0.05, 0) is 43.2 Å². The highest BCUT2D eigenvalue weighted by atomic mass is 79.9. The van der Waals surface area contributed by atoms with Gasteiger partial charge >= 0.3 is 0 Å². The number of sulfonamides is 1. The minimum Gasteiger partial charge on any atom is -0.278 e. The zero-order valence-electron chi connectivity index (χ0n) is 12.7. The van der Waals surface area contributed by atoms with Crippen molar-refractivity contribution < 1.29 is 13.3 Å². The first kappa shape index (κ1) is 17.9. The molecule has 0 radical (unpaired) electrons. The fraction of sp³-hybridized carbons (Fsp3) is 0.176. The third-order valence-electron chi connectivity index (χ3n) is 3.25. The lowest BCUT2D eigenvalue weighted by molar-refractivity contribution is 0.0181. The molecule has 122 valence electrons. The van der Waals surface area contributed by atoms with Crippen molar-refractivity contribution in [3.05, 3.63) is 76.8 Å². The predicted molar refractivity (Wildman–Crippen MR) is 94.3 cm³/mol. The van der Waals surface area contributed by atoms with Gasteiger partial charge in [0.15, 0.2) is 0 Å². The van der Waals surface area contributed by atoms with Gasteiger partial charge in [-0.1, -0.05) is 56.7 Å². The van der Waals surface area contributed by atoms with Crippen molar-refractivity contribution >= 4 is 26.0 Å². The number of hydrogen-bond acceptors (Lipinski definition) is 3. The molecule has 6 heteroatoms. The molecule has 0 amide bonds. The van der Waals surface area contributed by atoms with E-state index in [1.165, 1.54) is 0 Å². The van der Waals surface area contributed by atoms with Crippen molar-refractivity contribution in [2.75, 3.05) is 0 Å². The Balaban J connectivity index is 2.13. The van der Waals surface area contributed by atoms with Crippen LogP contribution < -0.4 is 4.89 Å². The van der Waals surface area contributed by atoms with Crippen molar-refractivity contribution in [2.45, 2.75) is 24.3 Å². The van der Waals surface area contributed by atoms with Gasteiger partial charge in [-0.3, -0.25) is 4.84 Å². The van der Waals surface area contributed by atoms with Crippen LogP contribution in [0.5, 0.6) is 0 Å². The highest BCUT2D eigenvalue weighted by molar-refractivity contribution is 9.10. The lowest BCUT2D eigenvalue weighted by atomic mass is 10.1. The van der Waals surface area contributed by atoms with Crippen LogP contribution >= 0.6 is 15.9 Å². The molecule has 2 rings (SSSR count). The predicted octanol–water partition coefficient (Wildman–Crippen LogP) is 4.28. The molecule has 2 aromatic rings. The van der Waals surface area contributed by atoms with E-state index >= 15 is 0 Å². The summed E-state index contributed by atoms with van der Waals surface area (Å²) in [6.07, 6.45) is 1.73. The zero-order valence-corrected chi connectivity index (χ0v) is 15.1. The van der Waals surface area contributed by atoms with Crippen molar-refractivity contribution in [2.24, 2.45) is 0 Å². The highest BCUT2D eigenvalue weighted by Gasteiger charge is 2.18. The Morgan fingerprint density at radius 1 is 1.17 bits per heavy atom. The van der Waals surface area contributed by atoms with Gasteiger partial charge in [0.25, 0.3) is 10.0 Å². The molecule has 0 saturated carbocycles. The molecule has 0 aromatic heterocycles. The molecule has 1 N–H and O–H groups in total. The van der Waals surface area contributed by atoms with E-state index in [0.717, 1.165) is 15.6 Å². The molecule has 0 fully saturated rings. The van der Waals surface area contributed by atoms with Crippen LogP contribution in [0.3, 0.4) is 0 Å². The van der Waals surface area contributed by atoms with E-state index in [1.807, 2.05) is 31.2 Å². The van der Waals surface area contributed by atoms with Crippen molar-refractivity contribution in [1.29, 1.82) is 0 Å². The zero-order chi connectivity index (χ0) is 16.9. The molecule has 0 saturated heterocycles. The Kier molecular flexibility index (Phi) is 6.12. The van der Waals surface area contributed by atoms with Gasteiger partial charge in [0.05, 0.1) is 4.90 Å². The smallest absolute Gasteiger partial charge is 0.262 e. The van der Waals surface area contributed by atoms with Crippen LogP contribution in [0.1, 0.15) is 23.7 Å². The Labute approximate surface area is 145 Å². The van der Waals surface area contributed by atoms with Crippen molar-refractivity contribution in [3.63, 3.8) is 0 Å². The molecule has 1 atom stereocenters. The van der Waals surface area contributed by atoms with Gasteiger partial charge in [0.2, 0.25) is 0 Å². The molecule has 0 aliphatic rings. The third kappa shape index (κ3) is 5.00. The molecule has 0 bridgehead atoms. The first-order chi connectivity index (χ1) is 10.9. The van der Waals surface area contributed by atoms with Gasteiger partial charge in [-0.2, -0.15) is 0 Å². The lowest BCUT2D eigenvalue weighted by Gasteiger charge is -2.17. The molecule has 0 spiro atoms. The molecular weight excluding hydrogens is 378 g/mol. The Morgan fingerprint density at radius 3 is 2.35 bits per heavy atom. The first-order valence-electron chi connectivity index (χ1n) is 7.03. The van der Waals surface area contributed by atoms with E-state index < -0.39 is 16.1 Å². The Hall–Kier alpha value is -1.47. The lowest BCUT2D eigenvalue weighted by Crippen LogP contribution is -2.26. The second kappa shape index (κ2) is 7.88. The highest BCUT2D eigenvalue weighted by Crippen LogP contribution is 2.23. The summed E-state index contributed by atoms with van der Waals surface area (Å²) in [5.74, 6) is 0. The molecule has 0 aliphatic carbocycles. The summed E-state index contributed by atoms with van der Waals surface area (Å²) < 4.78 is 25.5. The standard InChI is InChI=1S/C17H18BrNO3S/c1-3-4-17(14-7-9-15(18)10-8-14)22-19-23(20,21)16-11-5-13(2)6-12-16/h3,5-12,17,19H,1,4H2,2H3. The van der Waals surface area contributed by atoms with E-state index in [2.05, 4.69) is 27.4 Å². The van der Waals surface area contributed by atoms with Crippen molar-refractivity contribution in [1.82, 2.24) is 4.89 Å². The van der Waals surface area contributed by atoms with Gasteiger partial charge < -0.3 is 0 Å². The number of benzene rings is 2. The summed E-state index contributed by atoms with van der Waals surface area (Å²) in [5.41, 5.74) is 1.85. The molecule has 2 aromatic carbocycles. The SMILES string of the molecule is C=CCC(ONS(=O)(=O)c1ccc(C)cc1)c1ccc(Br)cc1. The summed E-state index contributed by atoms with van der Waals surface area (Å²) >= 11 is 3.37. The van der Waals surface area contributed by atoms with Gasteiger partial charge in [-0.25, -0.2) is 8.42 Å².